The van der Waals surface area contributed by atoms with Crippen LogP contribution in [0.2, 0.25) is 10.0 Å². The lowest BCUT2D eigenvalue weighted by Gasteiger charge is -2.22. The van der Waals surface area contributed by atoms with Gasteiger partial charge in [0.15, 0.2) is 0 Å². The molecular weight excluding hydrogens is 411 g/mol. The first-order chi connectivity index (χ1) is 12.5. The SMILES string of the molecule is CC(C)Oc1ccc(N(CC(=O)Nc2cc(Cl)cc(Cl)c2)S(C)(=O)=O)cc1. The number of ether oxygens (including phenoxy) is 1. The van der Waals surface area contributed by atoms with Crippen molar-refractivity contribution in [3.05, 3.63) is 52.5 Å². The number of hydrogen-bond donors (Lipinski definition) is 1. The minimum absolute atomic E-state index is 0.00263. The third kappa shape index (κ3) is 6.61. The molecule has 0 aliphatic heterocycles. The third-order valence-corrected chi connectivity index (χ3v) is 4.91. The zero-order valence-electron chi connectivity index (χ0n) is 15.1. The highest BCUT2D eigenvalue weighted by molar-refractivity contribution is 7.92. The Morgan fingerprint density at radius 3 is 2.15 bits per heavy atom. The van der Waals surface area contributed by atoms with E-state index in [9.17, 15) is 13.2 Å². The monoisotopic (exact) mass is 430 g/mol. The van der Waals surface area contributed by atoms with E-state index < -0.39 is 22.5 Å². The Morgan fingerprint density at radius 2 is 1.67 bits per heavy atom. The van der Waals surface area contributed by atoms with E-state index in [4.69, 9.17) is 27.9 Å². The molecule has 1 amide bonds. The maximum Gasteiger partial charge on any atom is 0.245 e. The average Bonchev–Trinajstić information content (AvgIpc) is 2.51. The number of hydrogen-bond acceptors (Lipinski definition) is 4. The number of carbonyl (C=O) groups excluding carboxylic acids is 1. The predicted molar refractivity (Wildman–Crippen MR) is 109 cm³/mol. The zero-order valence-corrected chi connectivity index (χ0v) is 17.4. The van der Waals surface area contributed by atoms with Gasteiger partial charge >= 0.3 is 0 Å². The van der Waals surface area contributed by atoms with Gasteiger partial charge in [0.1, 0.15) is 12.3 Å². The van der Waals surface area contributed by atoms with Gasteiger partial charge < -0.3 is 10.1 Å². The van der Waals surface area contributed by atoms with Crippen molar-refractivity contribution < 1.29 is 17.9 Å². The van der Waals surface area contributed by atoms with E-state index in [-0.39, 0.29) is 6.10 Å². The number of amides is 1. The van der Waals surface area contributed by atoms with Crippen molar-refractivity contribution in [3.8, 4) is 5.75 Å². The van der Waals surface area contributed by atoms with Gasteiger partial charge in [-0.25, -0.2) is 8.42 Å². The second-order valence-corrected chi connectivity index (χ2v) is 8.92. The number of nitrogens with zero attached hydrogens (tertiary/aromatic N) is 1. The summed E-state index contributed by atoms with van der Waals surface area (Å²) >= 11 is 11.8. The van der Waals surface area contributed by atoms with Gasteiger partial charge in [-0.2, -0.15) is 0 Å². The normalized spacial score (nSPS) is 11.3. The third-order valence-electron chi connectivity index (χ3n) is 3.33. The summed E-state index contributed by atoms with van der Waals surface area (Å²) in [6.07, 6.45) is 1.03. The highest BCUT2D eigenvalue weighted by Gasteiger charge is 2.21. The molecule has 0 heterocycles. The van der Waals surface area contributed by atoms with Gasteiger partial charge in [-0.15, -0.1) is 0 Å². The van der Waals surface area contributed by atoms with Gasteiger partial charge in [-0.1, -0.05) is 23.2 Å². The maximum atomic E-state index is 12.3. The summed E-state index contributed by atoms with van der Waals surface area (Å²) in [4.78, 5) is 12.3. The quantitative estimate of drug-likeness (QED) is 0.714. The number of rotatable bonds is 7. The molecule has 0 spiro atoms. The van der Waals surface area contributed by atoms with E-state index in [0.717, 1.165) is 10.6 Å². The van der Waals surface area contributed by atoms with Crippen LogP contribution in [0.3, 0.4) is 0 Å². The molecule has 2 aromatic carbocycles. The van der Waals surface area contributed by atoms with E-state index in [1.807, 2.05) is 13.8 Å². The number of carbonyl (C=O) groups is 1. The Morgan fingerprint density at radius 1 is 1.11 bits per heavy atom. The molecule has 0 fully saturated rings. The molecule has 0 unspecified atom stereocenters. The first kappa shape index (κ1) is 21.3. The highest BCUT2D eigenvalue weighted by Crippen LogP contribution is 2.24. The molecule has 0 atom stereocenters. The summed E-state index contributed by atoms with van der Waals surface area (Å²) in [6.45, 7) is 3.39. The summed E-state index contributed by atoms with van der Waals surface area (Å²) < 4.78 is 30.9. The summed E-state index contributed by atoms with van der Waals surface area (Å²) in [5.41, 5.74) is 0.736. The second-order valence-electron chi connectivity index (χ2n) is 6.14. The molecule has 0 aliphatic carbocycles. The zero-order chi connectivity index (χ0) is 20.2. The van der Waals surface area contributed by atoms with Crippen molar-refractivity contribution >= 4 is 50.5 Å². The fourth-order valence-electron chi connectivity index (χ4n) is 2.32. The van der Waals surface area contributed by atoms with Gasteiger partial charge in [0.2, 0.25) is 15.9 Å². The van der Waals surface area contributed by atoms with Gasteiger partial charge in [-0.3, -0.25) is 9.10 Å². The van der Waals surface area contributed by atoms with E-state index in [2.05, 4.69) is 5.32 Å². The minimum Gasteiger partial charge on any atom is -0.491 e. The van der Waals surface area contributed by atoms with Crippen molar-refractivity contribution in [2.75, 3.05) is 22.4 Å². The molecule has 146 valence electrons. The van der Waals surface area contributed by atoms with Gasteiger partial charge in [0.05, 0.1) is 18.0 Å². The molecule has 2 rings (SSSR count). The van der Waals surface area contributed by atoms with Crippen LogP contribution in [0.1, 0.15) is 13.8 Å². The van der Waals surface area contributed by atoms with E-state index >= 15 is 0 Å². The van der Waals surface area contributed by atoms with Crippen molar-refractivity contribution in [2.45, 2.75) is 20.0 Å². The molecule has 0 radical (unpaired) electrons. The van der Waals surface area contributed by atoms with Crippen LogP contribution in [0, 0.1) is 0 Å². The van der Waals surface area contributed by atoms with Crippen LogP contribution in [-0.2, 0) is 14.8 Å². The Balaban J connectivity index is 2.18. The first-order valence-electron chi connectivity index (χ1n) is 8.05. The molecule has 0 saturated carbocycles. The molecule has 9 heteroatoms. The number of benzene rings is 2. The second kappa shape index (κ2) is 8.82. The summed E-state index contributed by atoms with van der Waals surface area (Å²) in [6, 6.07) is 11.1. The number of halogens is 2. The van der Waals surface area contributed by atoms with Crippen LogP contribution in [0.25, 0.3) is 0 Å². The standard InChI is InChI=1S/C18H20Cl2N2O4S/c1-12(2)26-17-6-4-16(5-7-17)22(27(3,24)25)11-18(23)21-15-9-13(19)8-14(20)10-15/h4-10,12H,11H2,1-3H3,(H,21,23). The minimum atomic E-state index is -3.68. The molecule has 0 aliphatic rings. The molecule has 1 N–H and O–H groups in total. The van der Waals surface area contributed by atoms with E-state index in [1.54, 1.807) is 24.3 Å². The Hall–Kier alpha value is -1.96. The molecule has 27 heavy (non-hydrogen) atoms. The van der Waals surface area contributed by atoms with Gasteiger partial charge in [-0.05, 0) is 56.3 Å². The number of sulfonamides is 1. The van der Waals surface area contributed by atoms with E-state index in [1.165, 1.54) is 18.2 Å². The lowest BCUT2D eigenvalue weighted by Crippen LogP contribution is -2.37. The fourth-order valence-corrected chi connectivity index (χ4v) is 3.70. The van der Waals surface area contributed by atoms with Crippen molar-refractivity contribution in [1.82, 2.24) is 0 Å². The van der Waals surface area contributed by atoms with Crippen molar-refractivity contribution in [1.29, 1.82) is 0 Å². The Kier molecular flexibility index (Phi) is 6.97. The van der Waals surface area contributed by atoms with Crippen LogP contribution in [0.15, 0.2) is 42.5 Å². The van der Waals surface area contributed by atoms with Crippen LogP contribution >= 0.6 is 23.2 Å². The maximum absolute atomic E-state index is 12.3. The van der Waals surface area contributed by atoms with Crippen LogP contribution < -0.4 is 14.4 Å². The molecule has 0 saturated heterocycles. The largest absolute Gasteiger partial charge is 0.491 e. The smallest absolute Gasteiger partial charge is 0.245 e. The van der Waals surface area contributed by atoms with Crippen LogP contribution in [0.5, 0.6) is 5.75 Å². The average molecular weight is 431 g/mol. The van der Waals surface area contributed by atoms with Crippen molar-refractivity contribution in [2.24, 2.45) is 0 Å². The molecule has 0 bridgehead atoms. The summed E-state index contributed by atoms with van der Waals surface area (Å²) in [7, 11) is -3.68. The van der Waals surface area contributed by atoms with E-state index in [0.29, 0.717) is 27.2 Å². The number of anilines is 2. The molecule has 0 aromatic heterocycles. The lowest BCUT2D eigenvalue weighted by atomic mass is 10.3. The molecule has 6 nitrogen and oxygen atoms in total. The highest BCUT2D eigenvalue weighted by atomic mass is 35.5. The topological polar surface area (TPSA) is 75.7 Å². The fraction of sp³-hybridized carbons (Fsp3) is 0.278. The lowest BCUT2D eigenvalue weighted by molar-refractivity contribution is -0.114. The number of nitrogens with one attached hydrogen (secondary N) is 1. The first-order valence-corrected chi connectivity index (χ1v) is 10.7. The predicted octanol–water partition coefficient (Wildman–Crippen LogP) is 4.19. The van der Waals surface area contributed by atoms with Crippen LogP contribution in [-0.4, -0.2) is 33.2 Å². The molecular formula is C18H20Cl2N2O4S. The molecule has 2 aromatic rings. The van der Waals surface area contributed by atoms with Gasteiger partial charge in [0, 0.05) is 15.7 Å². The van der Waals surface area contributed by atoms with Crippen molar-refractivity contribution in [3.63, 3.8) is 0 Å². The Labute approximate surface area is 169 Å². The Bertz CT molecular complexity index is 895. The van der Waals surface area contributed by atoms with Gasteiger partial charge in [0.25, 0.3) is 0 Å². The summed E-state index contributed by atoms with van der Waals surface area (Å²) in [5.74, 6) is 0.0847. The summed E-state index contributed by atoms with van der Waals surface area (Å²) in [5, 5.41) is 3.31. The van der Waals surface area contributed by atoms with Crippen LogP contribution in [0.4, 0.5) is 11.4 Å².